The van der Waals surface area contributed by atoms with Crippen LogP contribution in [0, 0.1) is 5.92 Å². The van der Waals surface area contributed by atoms with Crippen LogP contribution in [0.3, 0.4) is 0 Å². The molecule has 0 saturated carbocycles. The van der Waals surface area contributed by atoms with E-state index in [1.807, 2.05) is 0 Å². The summed E-state index contributed by atoms with van der Waals surface area (Å²) in [6, 6.07) is 0.616. The van der Waals surface area contributed by atoms with Crippen LogP contribution in [0.4, 0.5) is 0 Å². The van der Waals surface area contributed by atoms with E-state index in [1.165, 1.54) is 25.9 Å². The summed E-state index contributed by atoms with van der Waals surface area (Å²) in [6.07, 6.45) is 2.67. The number of nitrogens with zero attached hydrogens (tertiary/aromatic N) is 1. The Morgan fingerprint density at radius 1 is 1.54 bits per heavy atom. The molecule has 2 rings (SSSR count). The van der Waals surface area contributed by atoms with E-state index in [0.29, 0.717) is 6.04 Å². The maximum atomic E-state index is 5.44. The molecule has 2 saturated heterocycles. The summed E-state index contributed by atoms with van der Waals surface area (Å²) in [7, 11) is 2.21. The van der Waals surface area contributed by atoms with Crippen molar-refractivity contribution in [3.63, 3.8) is 0 Å². The van der Waals surface area contributed by atoms with Crippen LogP contribution in [-0.2, 0) is 4.74 Å². The second-order valence-corrected chi connectivity index (χ2v) is 4.38. The molecule has 2 atom stereocenters. The van der Waals surface area contributed by atoms with Gasteiger partial charge in [-0.3, -0.25) is 0 Å². The molecule has 0 amide bonds. The first-order valence-electron chi connectivity index (χ1n) is 5.34. The smallest absolute Gasteiger partial charge is 0.0620 e. The Labute approximate surface area is 80.4 Å². The number of rotatable bonds is 2. The molecule has 13 heavy (non-hydrogen) atoms. The lowest BCUT2D eigenvalue weighted by molar-refractivity contribution is 0.0690. The summed E-state index contributed by atoms with van der Waals surface area (Å²) < 4.78 is 5.44. The molecule has 0 aromatic carbocycles. The molecule has 3 nitrogen and oxygen atoms in total. The Morgan fingerprint density at radius 2 is 2.46 bits per heavy atom. The summed E-state index contributed by atoms with van der Waals surface area (Å²) in [5.74, 6) is 0.893. The van der Waals surface area contributed by atoms with Gasteiger partial charge in [0.2, 0.25) is 0 Å². The van der Waals surface area contributed by atoms with E-state index in [-0.39, 0.29) is 0 Å². The van der Waals surface area contributed by atoms with Gasteiger partial charge in [-0.15, -0.1) is 0 Å². The SMILES string of the molecule is CN1CCC(CC2COCCN2)C1. The van der Waals surface area contributed by atoms with Crippen LogP contribution < -0.4 is 5.32 Å². The standard InChI is InChI=1S/C10H20N2O/c1-12-4-2-9(7-12)6-10-8-13-5-3-11-10/h9-11H,2-8H2,1H3. The molecule has 0 spiro atoms. The van der Waals surface area contributed by atoms with Crippen molar-refractivity contribution in [2.24, 2.45) is 5.92 Å². The van der Waals surface area contributed by atoms with E-state index < -0.39 is 0 Å². The van der Waals surface area contributed by atoms with Crippen LogP contribution in [0.1, 0.15) is 12.8 Å². The van der Waals surface area contributed by atoms with Crippen molar-refractivity contribution in [2.75, 3.05) is 39.9 Å². The fourth-order valence-corrected chi connectivity index (χ4v) is 2.39. The molecule has 0 radical (unpaired) electrons. The number of hydrogen-bond acceptors (Lipinski definition) is 3. The van der Waals surface area contributed by atoms with E-state index in [2.05, 4.69) is 17.3 Å². The van der Waals surface area contributed by atoms with Gasteiger partial charge in [-0.25, -0.2) is 0 Å². The maximum Gasteiger partial charge on any atom is 0.0620 e. The molecular weight excluding hydrogens is 164 g/mol. The minimum Gasteiger partial charge on any atom is -0.379 e. The van der Waals surface area contributed by atoms with Gasteiger partial charge < -0.3 is 15.0 Å². The van der Waals surface area contributed by atoms with E-state index in [9.17, 15) is 0 Å². The molecule has 2 aliphatic rings. The lowest BCUT2D eigenvalue weighted by Gasteiger charge is -2.26. The highest BCUT2D eigenvalue weighted by Crippen LogP contribution is 2.20. The zero-order chi connectivity index (χ0) is 9.10. The minimum atomic E-state index is 0.616. The molecule has 0 aromatic rings. The average Bonchev–Trinajstić information content (AvgIpc) is 2.53. The number of ether oxygens (including phenoxy) is 1. The fourth-order valence-electron chi connectivity index (χ4n) is 2.39. The normalized spacial score (nSPS) is 36.7. The first-order valence-corrected chi connectivity index (χ1v) is 5.34. The van der Waals surface area contributed by atoms with Gasteiger partial charge in [0.05, 0.1) is 13.2 Å². The van der Waals surface area contributed by atoms with Gasteiger partial charge in [-0.1, -0.05) is 0 Å². The van der Waals surface area contributed by atoms with E-state index >= 15 is 0 Å². The Hall–Kier alpha value is -0.120. The molecule has 0 aromatic heterocycles. The van der Waals surface area contributed by atoms with Gasteiger partial charge in [0.15, 0.2) is 0 Å². The van der Waals surface area contributed by atoms with Gasteiger partial charge in [-0.2, -0.15) is 0 Å². The number of nitrogens with one attached hydrogen (secondary N) is 1. The van der Waals surface area contributed by atoms with Gasteiger partial charge in [-0.05, 0) is 32.4 Å². The van der Waals surface area contributed by atoms with E-state index in [1.54, 1.807) is 0 Å². The van der Waals surface area contributed by atoms with Crippen LogP contribution in [0.15, 0.2) is 0 Å². The van der Waals surface area contributed by atoms with Gasteiger partial charge in [0.25, 0.3) is 0 Å². The predicted octanol–water partition coefficient (Wildman–Crippen LogP) is 0.317. The first-order chi connectivity index (χ1) is 6.34. The number of likely N-dealkylation sites (tertiary alicyclic amines) is 1. The molecule has 0 bridgehead atoms. The Bertz CT molecular complexity index is 154. The lowest BCUT2D eigenvalue weighted by Crippen LogP contribution is -2.42. The molecule has 2 heterocycles. The zero-order valence-electron chi connectivity index (χ0n) is 8.46. The largest absolute Gasteiger partial charge is 0.379 e. The Kier molecular flexibility index (Phi) is 3.19. The summed E-state index contributed by atoms with van der Waals surface area (Å²) in [5.41, 5.74) is 0. The van der Waals surface area contributed by atoms with E-state index in [4.69, 9.17) is 4.74 Å². The van der Waals surface area contributed by atoms with E-state index in [0.717, 1.165) is 25.7 Å². The lowest BCUT2D eigenvalue weighted by atomic mass is 9.99. The van der Waals surface area contributed by atoms with Crippen molar-refractivity contribution in [1.29, 1.82) is 0 Å². The molecule has 2 unspecified atom stereocenters. The third-order valence-electron chi connectivity index (χ3n) is 3.11. The quantitative estimate of drug-likeness (QED) is 0.669. The average molecular weight is 184 g/mol. The summed E-state index contributed by atoms with van der Waals surface area (Å²) in [4.78, 5) is 2.42. The molecule has 3 heteroatoms. The highest BCUT2D eigenvalue weighted by molar-refractivity contribution is 4.80. The monoisotopic (exact) mass is 184 g/mol. The van der Waals surface area contributed by atoms with Crippen molar-refractivity contribution in [3.05, 3.63) is 0 Å². The molecule has 2 fully saturated rings. The second kappa shape index (κ2) is 4.40. The number of morpholine rings is 1. The summed E-state index contributed by atoms with van der Waals surface area (Å²) in [6.45, 7) is 5.39. The van der Waals surface area contributed by atoms with Crippen molar-refractivity contribution in [3.8, 4) is 0 Å². The zero-order valence-corrected chi connectivity index (χ0v) is 8.46. The molecule has 76 valence electrons. The summed E-state index contributed by atoms with van der Waals surface area (Å²) in [5, 5.41) is 3.52. The molecule has 1 N–H and O–H groups in total. The van der Waals surface area contributed by atoms with Crippen molar-refractivity contribution in [2.45, 2.75) is 18.9 Å². The Morgan fingerprint density at radius 3 is 3.08 bits per heavy atom. The third-order valence-corrected chi connectivity index (χ3v) is 3.11. The highest BCUT2D eigenvalue weighted by atomic mass is 16.5. The van der Waals surface area contributed by atoms with Crippen molar-refractivity contribution in [1.82, 2.24) is 10.2 Å². The van der Waals surface area contributed by atoms with Gasteiger partial charge in [0.1, 0.15) is 0 Å². The molecular formula is C10H20N2O. The van der Waals surface area contributed by atoms with Gasteiger partial charge >= 0.3 is 0 Å². The molecule has 0 aliphatic carbocycles. The van der Waals surface area contributed by atoms with Crippen molar-refractivity contribution < 1.29 is 4.74 Å². The Balaban J connectivity index is 1.71. The van der Waals surface area contributed by atoms with Gasteiger partial charge in [0, 0.05) is 19.1 Å². The minimum absolute atomic E-state index is 0.616. The topological polar surface area (TPSA) is 24.5 Å². The van der Waals surface area contributed by atoms with Crippen LogP contribution in [0.25, 0.3) is 0 Å². The van der Waals surface area contributed by atoms with Crippen LogP contribution in [-0.4, -0.2) is 50.8 Å². The first kappa shape index (κ1) is 9.44. The van der Waals surface area contributed by atoms with Crippen LogP contribution in [0.2, 0.25) is 0 Å². The predicted molar refractivity (Wildman–Crippen MR) is 52.8 cm³/mol. The van der Waals surface area contributed by atoms with Crippen LogP contribution in [0.5, 0.6) is 0 Å². The second-order valence-electron chi connectivity index (χ2n) is 4.38. The van der Waals surface area contributed by atoms with Crippen molar-refractivity contribution >= 4 is 0 Å². The maximum absolute atomic E-state index is 5.44. The third kappa shape index (κ3) is 2.66. The van der Waals surface area contributed by atoms with Crippen LogP contribution >= 0.6 is 0 Å². The summed E-state index contributed by atoms with van der Waals surface area (Å²) >= 11 is 0. The fraction of sp³-hybridized carbons (Fsp3) is 1.00. The highest BCUT2D eigenvalue weighted by Gasteiger charge is 2.23. The number of hydrogen-bond donors (Lipinski definition) is 1. The molecule has 2 aliphatic heterocycles.